The molecule has 1 aliphatic carbocycles. The molecule has 1 saturated heterocycles. The molecule has 186 valence electrons. The predicted molar refractivity (Wildman–Crippen MR) is 140 cm³/mol. The molecule has 2 heterocycles. The van der Waals surface area contributed by atoms with Crippen LogP contribution < -0.4 is 15.5 Å². The molecule has 2 N–H and O–H groups in total. The number of aromatic nitrogens is 3. The average molecular weight is 518 g/mol. The number of piperazine rings is 1. The number of benzene rings is 1. The quantitative estimate of drug-likeness (QED) is 0.617. The van der Waals surface area contributed by atoms with Crippen LogP contribution in [-0.4, -0.2) is 66.0 Å². The van der Waals surface area contributed by atoms with Gasteiger partial charge in [-0.25, -0.2) is 0 Å². The SMILES string of the molecule is CNc1nc([N+]#CC2CCC(C(=O)NCc3ccc(Cl)cc3Cl)CC2)nc(N2CCN(C)CC2)n1. The van der Waals surface area contributed by atoms with E-state index in [1.165, 1.54) is 0 Å². The molecule has 11 heteroatoms. The summed E-state index contributed by atoms with van der Waals surface area (Å²) in [6.45, 7) is 4.06. The van der Waals surface area contributed by atoms with Crippen LogP contribution in [0.1, 0.15) is 31.2 Å². The molecule has 1 saturated carbocycles. The summed E-state index contributed by atoms with van der Waals surface area (Å²) in [5.74, 6) is 1.70. The van der Waals surface area contributed by atoms with Crippen LogP contribution in [0.15, 0.2) is 18.2 Å². The monoisotopic (exact) mass is 517 g/mol. The summed E-state index contributed by atoms with van der Waals surface area (Å²) in [5.41, 5.74) is 0.854. The summed E-state index contributed by atoms with van der Waals surface area (Å²) in [6.07, 6.45) is 3.27. The van der Waals surface area contributed by atoms with E-state index in [-0.39, 0.29) is 17.7 Å². The fourth-order valence-corrected chi connectivity index (χ4v) is 4.76. The Balaban J connectivity index is 1.31. The highest BCUT2D eigenvalue weighted by atomic mass is 35.5. The van der Waals surface area contributed by atoms with Crippen LogP contribution in [-0.2, 0) is 11.3 Å². The van der Waals surface area contributed by atoms with Crippen molar-refractivity contribution in [2.45, 2.75) is 32.2 Å². The molecule has 1 amide bonds. The lowest BCUT2D eigenvalue weighted by Crippen LogP contribution is -2.45. The third-order valence-electron chi connectivity index (χ3n) is 6.53. The van der Waals surface area contributed by atoms with Gasteiger partial charge in [0.25, 0.3) is 0 Å². The van der Waals surface area contributed by atoms with E-state index < -0.39 is 0 Å². The minimum Gasteiger partial charge on any atom is -0.352 e. The topological polar surface area (TPSA) is 90.6 Å². The van der Waals surface area contributed by atoms with E-state index in [2.05, 4.69) is 53.3 Å². The predicted octanol–water partition coefficient (Wildman–Crippen LogP) is 4.06. The summed E-state index contributed by atoms with van der Waals surface area (Å²) in [7, 11) is 3.90. The lowest BCUT2D eigenvalue weighted by atomic mass is 9.82. The van der Waals surface area contributed by atoms with Crippen LogP contribution >= 0.6 is 23.2 Å². The Kier molecular flexibility index (Phi) is 8.60. The van der Waals surface area contributed by atoms with E-state index in [1.807, 2.05) is 6.07 Å². The molecular formula is C24H31Cl2N8O+. The molecule has 2 fully saturated rings. The summed E-state index contributed by atoms with van der Waals surface area (Å²) in [5, 5.41) is 7.14. The molecule has 2 aromatic rings. The molecule has 0 atom stereocenters. The summed E-state index contributed by atoms with van der Waals surface area (Å²) < 4.78 is 0. The number of nitrogens with one attached hydrogen (secondary N) is 2. The van der Waals surface area contributed by atoms with Gasteiger partial charge in [0, 0.05) is 55.7 Å². The zero-order valence-corrected chi connectivity index (χ0v) is 21.6. The molecule has 4 rings (SSSR count). The van der Waals surface area contributed by atoms with Gasteiger partial charge >= 0.3 is 17.8 Å². The first-order valence-corrected chi connectivity index (χ1v) is 12.7. The molecule has 0 radical (unpaired) electrons. The van der Waals surface area contributed by atoms with Crippen LogP contribution in [0, 0.1) is 17.9 Å². The van der Waals surface area contributed by atoms with Crippen molar-refractivity contribution in [1.29, 1.82) is 0 Å². The molecule has 0 spiro atoms. The minimum absolute atomic E-state index is 0.0176. The van der Waals surface area contributed by atoms with Gasteiger partial charge in [0.05, 0.1) is 5.92 Å². The van der Waals surface area contributed by atoms with Gasteiger partial charge in [0.1, 0.15) is 6.07 Å². The Hall–Kier alpha value is -2.67. The molecular weight excluding hydrogens is 487 g/mol. The van der Waals surface area contributed by atoms with Crippen molar-refractivity contribution in [1.82, 2.24) is 25.2 Å². The fraction of sp³-hybridized carbons (Fsp3) is 0.542. The highest BCUT2D eigenvalue weighted by molar-refractivity contribution is 6.35. The van der Waals surface area contributed by atoms with E-state index in [1.54, 1.807) is 19.2 Å². The first-order valence-electron chi connectivity index (χ1n) is 12.0. The lowest BCUT2D eigenvalue weighted by Gasteiger charge is -2.30. The largest absolute Gasteiger partial charge is 0.537 e. The molecule has 2 aliphatic rings. The van der Waals surface area contributed by atoms with E-state index >= 15 is 0 Å². The molecule has 1 aromatic carbocycles. The van der Waals surface area contributed by atoms with Gasteiger partial charge in [-0.15, -0.1) is 4.98 Å². The standard InChI is InChI=1S/C24H30Cl2N8O/c1-27-22-30-23(32-24(31-22)34-11-9-33(2)10-12-34)29-14-16-3-5-17(6-4-16)21(35)28-15-18-7-8-19(25)13-20(18)26/h7-8,13,16-17H,3-6,9-12,15H2,1-2H3,(H-,27,28,30,31,32,35)/p+1. The van der Waals surface area contributed by atoms with E-state index in [9.17, 15) is 4.79 Å². The number of rotatable bonds is 5. The number of carbonyl (C=O) groups is 1. The lowest BCUT2D eigenvalue weighted by molar-refractivity contribution is -0.126. The Morgan fingerprint density at radius 3 is 2.54 bits per heavy atom. The van der Waals surface area contributed by atoms with E-state index in [0.717, 1.165) is 57.4 Å². The van der Waals surface area contributed by atoms with Gasteiger partial charge in [-0.2, -0.15) is 4.85 Å². The highest BCUT2D eigenvalue weighted by Gasteiger charge is 2.27. The first-order chi connectivity index (χ1) is 16.9. The van der Waals surface area contributed by atoms with Crippen molar-refractivity contribution >= 4 is 47.0 Å². The van der Waals surface area contributed by atoms with Crippen LogP contribution in [0.5, 0.6) is 0 Å². The van der Waals surface area contributed by atoms with Crippen LogP contribution in [0.4, 0.5) is 17.8 Å². The van der Waals surface area contributed by atoms with E-state index in [0.29, 0.717) is 34.4 Å². The van der Waals surface area contributed by atoms with Crippen LogP contribution in [0.25, 0.3) is 4.85 Å². The van der Waals surface area contributed by atoms with Crippen molar-refractivity contribution in [3.8, 4) is 6.07 Å². The van der Waals surface area contributed by atoms with Crippen molar-refractivity contribution in [3.05, 3.63) is 38.7 Å². The third kappa shape index (κ3) is 6.94. The first kappa shape index (κ1) is 25.4. The maximum absolute atomic E-state index is 12.6. The van der Waals surface area contributed by atoms with E-state index in [4.69, 9.17) is 23.2 Å². The maximum Gasteiger partial charge on any atom is 0.537 e. The molecule has 9 nitrogen and oxygen atoms in total. The van der Waals surface area contributed by atoms with Crippen LogP contribution in [0.2, 0.25) is 10.0 Å². The minimum atomic E-state index is -0.0176. The molecule has 1 aliphatic heterocycles. The Labute approximate surface area is 216 Å². The smallest absolute Gasteiger partial charge is 0.352 e. The number of nitrogens with zero attached hydrogens (tertiary/aromatic N) is 6. The highest BCUT2D eigenvalue weighted by Crippen LogP contribution is 2.29. The number of carbonyl (C=O) groups excluding carboxylic acids is 1. The molecule has 0 bridgehead atoms. The Bertz CT molecular complexity index is 1100. The summed E-state index contributed by atoms with van der Waals surface area (Å²) in [6, 6.07) is 8.51. The Morgan fingerprint density at radius 1 is 1.11 bits per heavy atom. The summed E-state index contributed by atoms with van der Waals surface area (Å²) >= 11 is 12.1. The number of halogens is 2. The van der Waals surface area contributed by atoms with Crippen molar-refractivity contribution in [3.63, 3.8) is 0 Å². The fourth-order valence-electron chi connectivity index (χ4n) is 4.29. The van der Waals surface area contributed by atoms with Crippen LogP contribution in [0.3, 0.4) is 0 Å². The van der Waals surface area contributed by atoms with Gasteiger partial charge in [-0.3, -0.25) is 4.79 Å². The second kappa shape index (κ2) is 11.8. The second-order valence-corrected chi connectivity index (χ2v) is 9.89. The number of likely N-dealkylation sites (N-methyl/N-ethyl adjacent to an activating group) is 1. The normalized spacial score (nSPS) is 20.6. The number of amides is 1. The van der Waals surface area contributed by atoms with Gasteiger partial charge < -0.3 is 20.4 Å². The maximum atomic E-state index is 12.6. The van der Waals surface area contributed by atoms with Crippen molar-refractivity contribution in [2.75, 3.05) is 50.5 Å². The molecule has 1 aromatic heterocycles. The molecule has 35 heavy (non-hydrogen) atoms. The summed E-state index contributed by atoms with van der Waals surface area (Å²) in [4.78, 5) is 35.0. The number of hydrogen-bond acceptors (Lipinski definition) is 7. The number of anilines is 2. The van der Waals surface area contributed by atoms with Crippen molar-refractivity contribution in [2.24, 2.45) is 11.8 Å². The average Bonchev–Trinajstić information content (AvgIpc) is 2.87. The second-order valence-electron chi connectivity index (χ2n) is 9.04. The number of hydrogen-bond donors (Lipinski definition) is 2. The van der Waals surface area contributed by atoms with Gasteiger partial charge in [0.2, 0.25) is 5.91 Å². The van der Waals surface area contributed by atoms with Gasteiger partial charge in [-0.1, -0.05) is 29.3 Å². The Morgan fingerprint density at radius 2 is 1.86 bits per heavy atom. The van der Waals surface area contributed by atoms with Crippen molar-refractivity contribution < 1.29 is 4.79 Å². The zero-order valence-electron chi connectivity index (χ0n) is 20.1. The molecule has 0 unspecified atom stereocenters. The van der Waals surface area contributed by atoms with Gasteiger partial charge in [-0.05, 0) is 60.4 Å². The zero-order chi connectivity index (χ0) is 24.8. The van der Waals surface area contributed by atoms with Gasteiger partial charge in [0.15, 0.2) is 0 Å². The third-order valence-corrected chi connectivity index (χ3v) is 7.12.